The molecule has 4 rings (SSSR count). The quantitative estimate of drug-likeness (QED) is 0.671. The zero-order valence-electron chi connectivity index (χ0n) is 11.1. The van der Waals surface area contributed by atoms with Crippen molar-refractivity contribution < 1.29 is 0 Å². The number of hydrogen-bond donors (Lipinski definition) is 3. The molecule has 0 saturated carbocycles. The Morgan fingerprint density at radius 1 is 1.14 bits per heavy atom. The average Bonchev–Trinajstić information content (AvgIpc) is 3.17. The third-order valence-electron chi connectivity index (χ3n) is 3.33. The van der Waals surface area contributed by atoms with E-state index in [9.17, 15) is 0 Å². The highest BCUT2D eigenvalue weighted by Crippen LogP contribution is 2.22. The van der Waals surface area contributed by atoms with Gasteiger partial charge in [-0.05, 0) is 12.1 Å². The van der Waals surface area contributed by atoms with Crippen molar-refractivity contribution in [3.05, 3.63) is 55.0 Å². The molecular weight excluding hydrogens is 266 g/mol. The maximum atomic E-state index is 4.49. The highest BCUT2D eigenvalue weighted by Gasteiger charge is 2.14. The van der Waals surface area contributed by atoms with Crippen molar-refractivity contribution in [2.24, 2.45) is 0 Å². The molecule has 0 saturated heterocycles. The van der Waals surface area contributed by atoms with Gasteiger partial charge in [0, 0.05) is 48.8 Å². The number of pyridine rings is 1. The van der Waals surface area contributed by atoms with Crippen LogP contribution in [-0.2, 0) is 0 Å². The molecule has 7 heteroatoms. The molecule has 0 unspecified atom stereocenters. The lowest BCUT2D eigenvalue weighted by Crippen LogP contribution is -2.20. The van der Waals surface area contributed by atoms with E-state index in [2.05, 4.69) is 31.1 Å². The molecule has 0 fully saturated rings. The van der Waals surface area contributed by atoms with Crippen LogP contribution in [0.25, 0.3) is 11.2 Å². The van der Waals surface area contributed by atoms with Crippen LogP contribution in [0.3, 0.4) is 0 Å². The Balaban J connectivity index is 1.77. The Labute approximate surface area is 120 Å². The van der Waals surface area contributed by atoms with Gasteiger partial charge >= 0.3 is 0 Å². The number of hydrogen-bond acceptors (Lipinski definition) is 6. The van der Waals surface area contributed by atoms with Gasteiger partial charge in [-0.2, -0.15) is 0 Å². The van der Waals surface area contributed by atoms with E-state index in [1.54, 1.807) is 18.6 Å². The summed E-state index contributed by atoms with van der Waals surface area (Å²) in [6, 6.07) is 3.78. The molecule has 0 aromatic carbocycles. The molecule has 0 radical (unpaired) electrons. The molecule has 3 aromatic heterocycles. The highest BCUT2D eigenvalue weighted by atomic mass is 15.4. The second-order valence-electron chi connectivity index (χ2n) is 4.64. The van der Waals surface area contributed by atoms with E-state index < -0.39 is 0 Å². The first kappa shape index (κ1) is 11.9. The van der Waals surface area contributed by atoms with Gasteiger partial charge in [0.1, 0.15) is 0 Å². The fourth-order valence-corrected chi connectivity index (χ4v) is 2.32. The highest BCUT2D eigenvalue weighted by molar-refractivity contribution is 5.74. The fraction of sp³-hybridized carbons (Fsp3) is 0.0714. The number of aromatic nitrogens is 4. The Morgan fingerprint density at radius 3 is 2.86 bits per heavy atom. The van der Waals surface area contributed by atoms with E-state index in [1.165, 1.54) is 0 Å². The molecule has 0 aliphatic carbocycles. The van der Waals surface area contributed by atoms with Gasteiger partial charge in [0.05, 0.1) is 11.9 Å². The average molecular weight is 279 g/mol. The molecular formula is C14H13N7. The minimum absolute atomic E-state index is 0.717. The maximum Gasteiger partial charge on any atom is 0.180 e. The van der Waals surface area contributed by atoms with Crippen LogP contribution >= 0.6 is 0 Å². The summed E-state index contributed by atoms with van der Waals surface area (Å²) >= 11 is 0. The second-order valence-corrected chi connectivity index (χ2v) is 4.64. The maximum absolute atomic E-state index is 4.49. The summed E-state index contributed by atoms with van der Waals surface area (Å²) < 4.78 is 2.02. The molecule has 7 nitrogen and oxygen atoms in total. The molecule has 0 atom stereocenters. The molecule has 4 heterocycles. The van der Waals surface area contributed by atoms with Crippen LogP contribution in [0.4, 0.5) is 11.5 Å². The van der Waals surface area contributed by atoms with Crippen molar-refractivity contribution in [3.63, 3.8) is 0 Å². The summed E-state index contributed by atoms with van der Waals surface area (Å²) in [5, 5.41) is 3.27. The summed E-state index contributed by atoms with van der Waals surface area (Å²) in [7, 11) is 0. The smallest absolute Gasteiger partial charge is 0.180 e. The van der Waals surface area contributed by atoms with E-state index in [0.717, 1.165) is 35.0 Å². The number of anilines is 2. The fourth-order valence-electron chi connectivity index (χ4n) is 2.32. The monoisotopic (exact) mass is 279 g/mol. The van der Waals surface area contributed by atoms with Crippen LogP contribution in [0.1, 0.15) is 5.69 Å². The normalized spacial score (nSPS) is 14.0. The van der Waals surface area contributed by atoms with E-state index >= 15 is 0 Å². The number of nitrogens with one attached hydrogen (secondary N) is 3. The van der Waals surface area contributed by atoms with Crippen molar-refractivity contribution in [1.29, 1.82) is 0 Å². The van der Waals surface area contributed by atoms with Crippen molar-refractivity contribution in [2.45, 2.75) is 0 Å². The van der Waals surface area contributed by atoms with Gasteiger partial charge in [0.2, 0.25) is 0 Å². The van der Waals surface area contributed by atoms with Gasteiger partial charge in [0.25, 0.3) is 0 Å². The van der Waals surface area contributed by atoms with Crippen LogP contribution in [0.2, 0.25) is 0 Å². The zero-order chi connectivity index (χ0) is 14.1. The van der Waals surface area contributed by atoms with Gasteiger partial charge in [-0.3, -0.25) is 9.38 Å². The van der Waals surface area contributed by atoms with Gasteiger partial charge < -0.3 is 10.7 Å². The summed E-state index contributed by atoms with van der Waals surface area (Å²) in [4.78, 5) is 12.9. The Morgan fingerprint density at radius 2 is 2.05 bits per heavy atom. The van der Waals surface area contributed by atoms with Crippen molar-refractivity contribution >= 4 is 22.7 Å². The number of fused-ring (bicyclic) bond motifs is 1. The molecule has 3 N–H and O–H groups in total. The third-order valence-corrected chi connectivity index (χ3v) is 3.33. The first-order valence-corrected chi connectivity index (χ1v) is 6.59. The number of imidazole rings is 1. The van der Waals surface area contributed by atoms with Gasteiger partial charge in [0.15, 0.2) is 11.5 Å². The molecule has 3 aromatic rings. The summed E-state index contributed by atoms with van der Waals surface area (Å²) in [5.41, 5.74) is 9.96. The molecule has 1 aliphatic rings. The lowest BCUT2D eigenvalue weighted by Gasteiger charge is -2.07. The second kappa shape index (κ2) is 4.88. The van der Waals surface area contributed by atoms with Crippen molar-refractivity contribution in [1.82, 2.24) is 30.2 Å². The first-order valence-electron chi connectivity index (χ1n) is 6.59. The van der Waals surface area contributed by atoms with Crippen molar-refractivity contribution in [3.8, 4) is 0 Å². The molecule has 0 bridgehead atoms. The predicted molar refractivity (Wildman–Crippen MR) is 79.6 cm³/mol. The van der Waals surface area contributed by atoms with Crippen LogP contribution in [0, 0.1) is 0 Å². The van der Waals surface area contributed by atoms with Crippen LogP contribution < -0.4 is 16.2 Å². The molecule has 104 valence electrons. The largest absolute Gasteiger partial charge is 0.337 e. The molecule has 21 heavy (non-hydrogen) atoms. The summed E-state index contributed by atoms with van der Waals surface area (Å²) in [5.74, 6) is 0.717. The minimum atomic E-state index is 0.717. The predicted octanol–water partition coefficient (Wildman–Crippen LogP) is 1.32. The lowest BCUT2D eigenvalue weighted by atomic mass is 10.2. The van der Waals surface area contributed by atoms with E-state index in [-0.39, 0.29) is 0 Å². The molecule has 0 amide bonds. The van der Waals surface area contributed by atoms with Crippen LogP contribution in [0.5, 0.6) is 0 Å². The lowest BCUT2D eigenvalue weighted by molar-refractivity contribution is 0.729. The number of hydrazine groups is 1. The number of nitrogens with zero attached hydrogens (tertiary/aromatic N) is 4. The Hall–Kier alpha value is -2.93. The van der Waals surface area contributed by atoms with Crippen LogP contribution in [-0.4, -0.2) is 25.9 Å². The van der Waals surface area contributed by atoms with Crippen LogP contribution in [0.15, 0.2) is 49.3 Å². The SMILES string of the molecule is C1=C(c2cnc3c(Nc4ccncc4)nccn23)CNN1. The third kappa shape index (κ3) is 2.09. The summed E-state index contributed by atoms with van der Waals surface area (Å²) in [6.45, 7) is 0.767. The topological polar surface area (TPSA) is 79.2 Å². The first-order chi connectivity index (χ1) is 10.4. The molecule has 0 spiro atoms. The molecule has 1 aliphatic heterocycles. The van der Waals surface area contributed by atoms with E-state index in [1.807, 2.05) is 35.1 Å². The standard InChI is InChI=1S/C14H13N7/c1-3-15-4-2-11(1)20-13-14-17-9-12(10-7-18-19-8-10)21(14)6-5-16-13/h1-7,9,18-19H,8H2,(H,15,16,20). The Kier molecular flexibility index (Phi) is 2.75. The van der Waals surface area contributed by atoms with Crippen molar-refractivity contribution in [2.75, 3.05) is 11.9 Å². The number of rotatable bonds is 3. The zero-order valence-corrected chi connectivity index (χ0v) is 11.1. The minimum Gasteiger partial charge on any atom is -0.337 e. The van der Waals surface area contributed by atoms with E-state index in [4.69, 9.17) is 0 Å². The Bertz CT molecular complexity index is 807. The van der Waals surface area contributed by atoms with Gasteiger partial charge in [-0.1, -0.05) is 0 Å². The van der Waals surface area contributed by atoms with Gasteiger partial charge in [-0.25, -0.2) is 15.4 Å². The summed E-state index contributed by atoms with van der Waals surface area (Å²) in [6.07, 6.45) is 10.9. The van der Waals surface area contributed by atoms with Gasteiger partial charge in [-0.15, -0.1) is 0 Å². The van der Waals surface area contributed by atoms with E-state index in [0.29, 0.717) is 0 Å².